The summed E-state index contributed by atoms with van der Waals surface area (Å²) in [6.45, 7) is 0. The zero-order valence-electron chi connectivity index (χ0n) is 75.8. The first-order valence-electron chi connectivity index (χ1n) is 46.8. The van der Waals surface area contributed by atoms with Crippen molar-refractivity contribution in [3.63, 3.8) is 0 Å². The zero-order valence-corrected chi connectivity index (χ0v) is 75.8. The van der Waals surface area contributed by atoms with Gasteiger partial charge in [0.05, 0.1) is 28.1 Å². The van der Waals surface area contributed by atoms with E-state index in [4.69, 9.17) is 13.3 Å². The molecule has 0 amide bonds. The topological polar surface area (TPSA) is 49.1 Å². The van der Waals surface area contributed by atoms with Gasteiger partial charge in [0.2, 0.25) is 0 Å². The molecule has 6 nitrogen and oxygen atoms in total. The van der Waals surface area contributed by atoms with E-state index in [1.807, 2.05) is 36.4 Å². The number of furan rings is 3. The summed E-state index contributed by atoms with van der Waals surface area (Å²) in [5.74, 6) is 0. The fourth-order valence-electron chi connectivity index (χ4n) is 19.4. The molecule has 654 valence electrons. The maximum atomic E-state index is 6.38. The van der Waals surface area contributed by atoms with Gasteiger partial charge in [0.15, 0.2) is 0 Å². The summed E-state index contributed by atoms with van der Waals surface area (Å²) in [6.07, 6.45) is 0. The third-order valence-corrected chi connectivity index (χ3v) is 25.5. The van der Waals surface area contributed by atoms with E-state index in [9.17, 15) is 0 Å². The van der Waals surface area contributed by atoms with Crippen molar-refractivity contribution in [2.24, 2.45) is 0 Å². The Morgan fingerprint density at radius 2 is 0.362 bits per heavy atom. The van der Waals surface area contributed by atoms with Crippen molar-refractivity contribution in [1.29, 1.82) is 0 Å². The second-order valence-electron chi connectivity index (χ2n) is 33.9. The van der Waals surface area contributed by atoms with Crippen LogP contribution in [0, 0.1) is 0 Å². The molecular weight excluding hydrogens is 1680 g/mol. The highest BCUT2D eigenvalue weighted by Crippen LogP contribution is 2.52. The number of hydrogen-bond acceptors (Lipinski definition) is 6. The van der Waals surface area contributed by atoms with Crippen LogP contribution in [0.1, 0.15) is 66.8 Å². The van der Waals surface area contributed by atoms with E-state index in [1.54, 1.807) is 0 Å². The second kappa shape index (κ2) is 39.6. The normalized spacial score (nSPS) is 11.0. The Morgan fingerprint density at radius 3 is 0.732 bits per heavy atom. The molecule has 138 heavy (non-hydrogen) atoms. The zero-order chi connectivity index (χ0) is 92.1. The van der Waals surface area contributed by atoms with Crippen molar-refractivity contribution in [2.45, 2.75) is 0 Å². The van der Waals surface area contributed by atoms with E-state index >= 15 is 0 Å². The average molecular weight is 1770 g/mol. The minimum atomic E-state index is 0.866. The summed E-state index contributed by atoms with van der Waals surface area (Å²) < 4.78 is 19.0. The Balaban J connectivity index is 0.000000119. The Kier molecular flexibility index (Phi) is 24.4. The summed E-state index contributed by atoms with van der Waals surface area (Å²) in [6, 6.07) is 199. The van der Waals surface area contributed by atoms with Gasteiger partial charge in [0.25, 0.3) is 0 Å². The van der Waals surface area contributed by atoms with Crippen LogP contribution in [-0.4, -0.2) is 0 Å². The van der Waals surface area contributed by atoms with Crippen LogP contribution in [0.5, 0.6) is 0 Å². The quantitative estimate of drug-likeness (QED) is 0.0668. The molecule has 0 spiro atoms. The molecule has 21 aromatic carbocycles. The van der Waals surface area contributed by atoms with E-state index in [0.29, 0.717) is 0 Å². The SMILES string of the molecule is c1ccc(C(=C(c2ccccc2)c2ccccc2N(c2ccccc2)c2ccc3c(c2)oc2ccccc23)c2ccccc2)cc1.c1ccc(C(=C(c2ccccc2)c2ccccc2N(c2ccccc2)c2ccc3oc4ccccc4c3c2)c2ccccc2)cc1.c1ccc(C(=C(c2ccccc2)c2ccccc2N(c2ccccc2)c2cccc3oc4ccccc4c23)c2ccccc2)cc1. The van der Waals surface area contributed by atoms with Gasteiger partial charge in [0.1, 0.15) is 33.5 Å². The van der Waals surface area contributed by atoms with Crippen LogP contribution >= 0.6 is 0 Å². The van der Waals surface area contributed by atoms with E-state index in [1.165, 1.54) is 44.6 Å². The molecule has 0 N–H and O–H groups in total. The number of anilines is 9. The lowest BCUT2D eigenvalue weighted by atomic mass is 9.85. The van der Waals surface area contributed by atoms with E-state index < -0.39 is 0 Å². The van der Waals surface area contributed by atoms with Gasteiger partial charge < -0.3 is 28.0 Å². The molecule has 3 heterocycles. The van der Waals surface area contributed by atoms with Gasteiger partial charge in [0, 0.05) is 78.1 Å². The highest BCUT2D eigenvalue weighted by atomic mass is 16.3. The van der Waals surface area contributed by atoms with Gasteiger partial charge in [-0.3, -0.25) is 0 Å². The van der Waals surface area contributed by atoms with Crippen LogP contribution in [0.25, 0.3) is 99.3 Å². The summed E-state index contributed by atoms with van der Waals surface area (Å²) in [5.41, 5.74) is 35.8. The standard InChI is InChI=1S/3C44H31NO/c1-5-18-32(19-6-1)42(33-20-7-2-8-21-33)43(34-22-9-3-10-23-34)36-26-13-15-28-38(36)45(35-24-11-4-12-25-35)39-29-17-31-41-44(39)37-27-14-16-30-40(37)46-41;1-5-17-32(18-6-1)43(33-19-7-2-8-20-33)44(34-21-9-3-10-22-34)39-26-13-15-27-40(39)45(35-23-11-4-12-24-35)36-29-30-38-37-25-14-16-28-41(37)46-42(38)31-36;1-5-17-32(18-6-1)43(33-19-7-2-8-20-33)44(34-21-9-3-10-22-34)38-26-13-15-27-40(38)45(35-23-11-4-12-24-35)36-29-30-42-39(31-36)37-25-14-16-28-41(37)46-42/h3*1-31H. The van der Waals surface area contributed by atoms with Gasteiger partial charge in [-0.05, 0) is 199 Å². The Labute approximate surface area is 803 Å². The van der Waals surface area contributed by atoms with Gasteiger partial charge in [-0.1, -0.05) is 443 Å². The van der Waals surface area contributed by atoms with Gasteiger partial charge in [-0.25, -0.2) is 0 Å². The molecule has 0 aliphatic heterocycles. The highest BCUT2D eigenvalue weighted by molar-refractivity contribution is 6.17. The van der Waals surface area contributed by atoms with Crippen LogP contribution in [-0.2, 0) is 0 Å². The number of fused-ring (bicyclic) bond motifs is 9. The second-order valence-corrected chi connectivity index (χ2v) is 33.9. The van der Waals surface area contributed by atoms with Crippen molar-refractivity contribution in [1.82, 2.24) is 0 Å². The molecule has 0 saturated carbocycles. The largest absolute Gasteiger partial charge is 0.456 e. The van der Waals surface area contributed by atoms with E-state index in [0.717, 1.165) is 173 Å². The molecular formula is C132H93N3O3. The molecule has 6 heteroatoms. The monoisotopic (exact) mass is 1770 g/mol. The van der Waals surface area contributed by atoms with Crippen molar-refractivity contribution in [3.05, 3.63) is 631 Å². The maximum absolute atomic E-state index is 6.38. The van der Waals surface area contributed by atoms with Crippen LogP contribution in [0.15, 0.2) is 577 Å². The number of hydrogen-bond donors (Lipinski definition) is 0. The maximum Gasteiger partial charge on any atom is 0.137 e. The number of para-hydroxylation sites is 9. The lowest BCUT2D eigenvalue weighted by Crippen LogP contribution is -2.13. The summed E-state index contributed by atoms with van der Waals surface area (Å²) in [5, 5.41) is 6.63. The van der Waals surface area contributed by atoms with Crippen LogP contribution in [0.2, 0.25) is 0 Å². The summed E-state index contributed by atoms with van der Waals surface area (Å²) in [7, 11) is 0. The van der Waals surface area contributed by atoms with Gasteiger partial charge in [-0.2, -0.15) is 0 Å². The minimum absolute atomic E-state index is 0.866. The van der Waals surface area contributed by atoms with Crippen molar-refractivity contribution in [2.75, 3.05) is 14.7 Å². The third-order valence-electron chi connectivity index (χ3n) is 25.5. The first-order valence-corrected chi connectivity index (χ1v) is 46.8. The lowest BCUT2D eigenvalue weighted by Gasteiger charge is -2.30. The molecule has 0 aliphatic carbocycles. The molecule has 0 fully saturated rings. The fourth-order valence-corrected chi connectivity index (χ4v) is 19.4. The average Bonchev–Trinajstić information content (AvgIpc) is 1.45. The minimum Gasteiger partial charge on any atom is -0.456 e. The van der Waals surface area contributed by atoms with Crippen molar-refractivity contribution >= 4 is 150 Å². The fraction of sp³-hybridized carbons (Fsp3) is 0. The van der Waals surface area contributed by atoms with E-state index in [2.05, 4.69) is 542 Å². The summed E-state index contributed by atoms with van der Waals surface area (Å²) in [4.78, 5) is 7.10. The molecule has 24 aromatic rings. The Hall–Kier alpha value is -18.4. The molecule has 3 aromatic heterocycles. The highest BCUT2D eigenvalue weighted by Gasteiger charge is 2.30. The molecule has 0 bridgehead atoms. The van der Waals surface area contributed by atoms with Gasteiger partial charge in [-0.15, -0.1) is 0 Å². The van der Waals surface area contributed by atoms with Crippen LogP contribution < -0.4 is 14.7 Å². The molecule has 0 saturated heterocycles. The Morgan fingerprint density at radius 1 is 0.130 bits per heavy atom. The van der Waals surface area contributed by atoms with Crippen LogP contribution in [0.4, 0.5) is 51.2 Å². The third kappa shape index (κ3) is 17.4. The molecule has 0 aliphatic rings. The molecule has 24 rings (SSSR count). The Bertz CT molecular complexity index is 8310. The number of rotatable bonds is 21. The molecule has 0 atom stereocenters. The first kappa shape index (κ1) is 85.1. The number of benzene rings is 21. The predicted octanol–water partition coefficient (Wildman–Crippen LogP) is 36.2. The first-order chi connectivity index (χ1) is 68.6. The van der Waals surface area contributed by atoms with Gasteiger partial charge >= 0.3 is 0 Å². The molecule has 0 unspecified atom stereocenters. The molecule has 0 radical (unpaired) electrons. The predicted molar refractivity (Wildman–Crippen MR) is 578 cm³/mol. The van der Waals surface area contributed by atoms with Crippen molar-refractivity contribution < 1.29 is 13.3 Å². The number of nitrogens with zero attached hydrogens (tertiary/aromatic N) is 3. The smallest absolute Gasteiger partial charge is 0.137 e. The lowest BCUT2D eigenvalue weighted by molar-refractivity contribution is 0.668. The van der Waals surface area contributed by atoms with Crippen LogP contribution in [0.3, 0.4) is 0 Å². The van der Waals surface area contributed by atoms with Crippen molar-refractivity contribution in [3.8, 4) is 0 Å². The summed E-state index contributed by atoms with van der Waals surface area (Å²) >= 11 is 0. The van der Waals surface area contributed by atoms with E-state index in [-0.39, 0.29) is 0 Å².